The van der Waals surface area contributed by atoms with Crippen LogP contribution >= 0.6 is 0 Å². The minimum atomic E-state index is 0.103. The molecule has 0 aliphatic carbocycles. The van der Waals surface area contributed by atoms with E-state index in [1.54, 1.807) is 0 Å². The Bertz CT molecular complexity index is 979. The number of imidazole rings is 1. The molecule has 1 aliphatic heterocycles. The maximum atomic E-state index is 12.9. The second-order valence-electron chi connectivity index (χ2n) is 7.46. The molecule has 0 saturated carbocycles. The molecule has 0 atom stereocenters. The highest BCUT2D eigenvalue weighted by molar-refractivity contribution is 5.96. The van der Waals surface area contributed by atoms with Crippen LogP contribution in [-0.2, 0) is 6.54 Å². The summed E-state index contributed by atoms with van der Waals surface area (Å²) in [5, 5.41) is 3.54. The molecule has 5 nitrogen and oxygen atoms in total. The Labute approximate surface area is 160 Å². The van der Waals surface area contributed by atoms with Gasteiger partial charge in [0.1, 0.15) is 11.5 Å². The van der Waals surface area contributed by atoms with Crippen molar-refractivity contribution in [2.24, 2.45) is 0 Å². The fourth-order valence-corrected chi connectivity index (χ4v) is 3.88. The lowest BCUT2D eigenvalue weighted by molar-refractivity contribution is 0.0793. The van der Waals surface area contributed by atoms with Crippen molar-refractivity contribution in [2.45, 2.75) is 40.2 Å². The second kappa shape index (κ2) is 7.06. The van der Waals surface area contributed by atoms with E-state index < -0.39 is 0 Å². The Kier molecular flexibility index (Phi) is 4.60. The number of carbonyl (C=O) groups excluding carboxylic acids is 1. The molecule has 0 unspecified atom stereocenters. The van der Waals surface area contributed by atoms with E-state index in [-0.39, 0.29) is 5.91 Å². The molecule has 0 radical (unpaired) electrons. The summed E-state index contributed by atoms with van der Waals surface area (Å²) in [6, 6.07) is 10.2. The average molecular weight is 362 g/mol. The fourth-order valence-electron chi connectivity index (χ4n) is 3.88. The van der Waals surface area contributed by atoms with Crippen LogP contribution < -0.4 is 5.32 Å². The number of nitrogens with one attached hydrogen (secondary N) is 1. The lowest BCUT2D eigenvalue weighted by Crippen LogP contribution is -2.27. The molecule has 1 amide bonds. The van der Waals surface area contributed by atoms with Crippen LogP contribution in [-0.4, -0.2) is 33.3 Å². The van der Waals surface area contributed by atoms with E-state index in [4.69, 9.17) is 0 Å². The third-order valence-corrected chi connectivity index (χ3v) is 5.42. The summed E-state index contributed by atoms with van der Waals surface area (Å²) in [4.78, 5) is 19.4. The van der Waals surface area contributed by atoms with E-state index in [2.05, 4.69) is 42.3 Å². The highest BCUT2D eigenvalue weighted by Gasteiger charge is 2.21. The van der Waals surface area contributed by atoms with Crippen LogP contribution in [0.5, 0.6) is 0 Å². The summed E-state index contributed by atoms with van der Waals surface area (Å²) in [6.45, 7) is 8.66. The van der Waals surface area contributed by atoms with Gasteiger partial charge in [-0.1, -0.05) is 18.2 Å². The summed E-state index contributed by atoms with van der Waals surface area (Å²) in [5.41, 5.74) is 6.28. The molecule has 0 bridgehead atoms. The number of fused-ring (bicyclic) bond motifs is 1. The van der Waals surface area contributed by atoms with Crippen molar-refractivity contribution >= 4 is 17.4 Å². The predicted molar refractivity (Wildman–Crippen MR) is 108 cm³/mol. The Morgan fingerprint density at radius 2 is 1.81 bits per heavy atom. The minimum absolute atomic E-state index is 0.103. The summed E-state index contributed by atoms with van der Waals surface area (Å²) < 4.78 is 2.03. The smallest absolute Gasteiger partial charge is 0.254 e. The Balaban J connectivity index is 1.69. The van der Waals surface area contributed by atoms with Gasteiger partial charge in [0.05, 0.1) is 5.69 Å². The third-order valence-electron chi connectivity index (χ3n) is 5.42. The lowest BCUT2D eigenvalue weighted by atomic mass is 10.0. The van der Waals surface area contributed by atoms with Crippen molar-refractivity contribution in [3.05, 3.63) is 64.5 Å². The molecule has 0 spiro atoms. The van der Waals surface area contributed by atoms with E-state index >= 15 is 0 Å². The van der Waals surface area contributed by atoms with Crippen molar-refractivity contribution in [3.8, 4) is 0 Å². The van der Waals surface area contributed by atoms with Gasteiger partial charge >= 0.3 is 0 Å². The molecular formula is C22H26N4O. The van der Waals surface area contributed by atoms with Crippen molar-refractivity contribution in [3.63, 3.8) is 0 Å². The number of pyridine rings is 1. The van der Waals surface area contributed by atoms with Crippen molar-refractivity contribution in [2.75, 3.05) is 18.4 Å². The standard InChI is InChI=1S/C22H26N4O/c1-15-7-6-8-16(2)19(15)13-23-20-11-18(22(27)25-9-4-5-10-25)12-21-24-17(3)14-26(20)21/h6-8,11-12,14,23H,4-5,9-10,13H2,1-3H3. The lowest BCUT2D eigenvalue weighted by Gasteiger charge is -2.17. The summed E-state index contributed by atoms with van der Waals surface area (Å²) >= 11 is 0. The third kappa shape index (κ3) is 3.42. The summed E-state index contributed by atoms with van der Waals surface area (Å²) in [7, 11) is 0. The molecule has 140 valence electrons. The van der Waals surface area contributed by atoms with Gasteiger partial charge < -0.3 is 10.2 Å². The topological polar surface area (TPSA) is 49.6 Å². The number of carbonyl (C=O) groups is 1. The normalized spacial score (nSPS) is 14.1. The van der Waals surface area contributed by atoms with Gasteiger partial charge in [0.15, 0.2) is 0 Å². The maximum absolute atomic E-state index is 12.9. The predicted octanol–water partition coefficient (Wildman–Crippen LogP) is 4.11. The van der Waals surface area contributed by atoms with Crippen LogP contribution in [0.3, 0.4) is 0 Å². The number of hydrogen-bond donors (Lipinski definition) is 1. The number of aryl methyl sites for hydroxylation is 3. The van der Waals surface area contributed by atoms with Gasteiger partial charge in [0.2, 0.25) is 0 Å². The number of anilines is 1. The van der Waals surface area contributed by atoms with Gasteiger partial charge in [-0.05, 0) is 62.4 Å². The molecule has 1 N–H and O–H groups in total. The van der Waals surface area contributed by atoms with Crippen molar-refractivity contribution in [1.82, 2.24) is 14.3 Å². The van der Waals surface area contributed by atoms with Crippen LogP contribution in [0.15, 0.2) is 36.5 Å². The molecule has 4 rings (SSSR count). The number of nitrogens with zero attached hydrogens (tertiary/aromatic N) is 3. The average Bonchev–Trinajstić information content (AvgIpc) is 3.29. The molecule has 2 aromatic heterocycles. The van der Waals surface area contributed by atoms with E-state index in [1.807, 2.05) is 34.6 Å². The van der Waals surface area contributed by atoms with Gasteiger partial charge in [-0.2, -0.15) is 0 Å². The first-order chi connectivity index (χ1) is 13.0. The second-order valence-corrected chi connectivity index (χ2v) is 7.46. The van der Waals surface area contributed by atoms with Crippen molar-refractivity contribution in [1.29, 1.82) is 0 Å². The van der Waals surface area contributed by atoms with E-state index in [9.17, 15) is 4.79 Å². The fraction of sp³-hybridized carbons (Fsp3) is 0.364. The quantitative estimate of drug-likeness (QED) is 0.760. The number of likely N-dealkylation sites (tertiary alicyclic amines) is 1. The molecule has 3 heterocycles. The van der Waals surface area contributed by atoms with Gasteiger partial charge in [0, 0.05) is 31.4 Å². The molecular weight excluding hydrogens is 336 g/mol. The largest absolute Gasteiger partial charge is 0.367 e. The van der Waals surface area contributed by atoms with E-state index in [1.165, 1.54) is 16.7 Å². The molecule has 5 heteroatoms. The van der Waals surface area contributed by atoms with Crippen LogP contribution in [0, 0.1) is 20.8 Å². The highest BCUT2D eigenvalue weighted by Crippen LogP contribution is 2.22. The van der Waals surface area contributed by atoms with Gasteiger partial charge in [-0.3, -0.25) is 9.20 Å². The van der Waals surface area contributed by atoms with Crippen LogP contribution in [0.1, 0.15) is 45.6 Å². The number of rotatable bonds is 4. The molecule has 1 aliphatic rings. The first-order valence-electron chi connectivity index (χ1n) is 9.61. The van der Waals surface area contributed by atoms with Gasteiger partial charge in [-0.25, -0.2) is 4.98 Å². The first kappa shape index (κ1) is 17.6. The maximum Gasteiger partial charge on any atom is 0.254 e. The SMILES string of the molecule is Cc1cn2c(NCc3c(C)cccc3C)cc(C(=O)N3CCCC3)cc2n1. The van der Waals surface area contributed by atoms with E-state index in [0.29, 0.717) is 12.1 Å². The summed E-state index contributed by atoms with van der Waals surface area (Å²) in [5.74, 6) is 1.00. The molecule has 3 aromatic rings. The number of benzene rings is 1. The van der Waals surface area contributed by atoms with E-state index in [0.717, 1.165) is 43.1 Å². The molecule has 1 fully saturated rings. The number of hydrogen-bond acceptors (Lipinski definition) is 3. The van der Waals surface area contributed by atoms with Crippen LogP contribution in [0.4, 0.5) is 5.82 Å². The van der Waals surface area contributed by atoms with Crippen LogP contribution in [0.25, 0.3) is 5.65 Å². The molecule has 1 aromatic carbocycles. The van der Waals surface area contributed by atoms with Gasteiger partial charge in [0.25, 0.3) is 5.91 Å². The first-order valence-corrected chi connectivity index (χ1v) is 9.61. The Morgan fingerprint density at radius 1 is 1.11 bits per heavy atom. The monoisotopic (exact) mass is 362 g/mol. The summed E-state index contributed by atoms with van der Waals surface area (Å²) in [6.07, 6.45) is 4.19. The van der Waals surface area contributed by atoms with Gasteiger partial charge in [-0.15, -0.1) is 0 Å². The zero-order chi connectivity index (χ0) is 19.0. The zero-order valence-electron chi connectivity index (χ0n) is 16.2. The number of aromatic nitrogens is 2. The molecule has 27 heavy (non-hydrogen) atoms. The Hall–Kier alpha value is -2.82. The minimum Gasteiger partial charge on any atom is -0.367 e. The molecule has 1 saturated heterocycles. The van der Waals surface area contributed by atoms with Crippen LogP contribution in [0.2, 0.25) is 0 Å². The van der Waals surface area contributed by atoms with Crippen molar-refractivity contribution < 1.29 is 4.79 Å². The zero-order valence-corrected chi connectivity index (χ0v) is 16.2. The highest BCUT2D eigenvalue weighted by atomic mass is 16.2. The Morgan fingerprint density at radius 3 is 2.52 bits per heavy atom. The number of amides is 1.